The summed E-state index contributed by atoms with van der Waals surface area (Å²) in [4.78, 5) is 15.8. The van der Waals surface area contributed by atoms with Crippen LogP contribution in [0, 0.1) is 3.57 Å². The molecule has 0 radical (unpaired) electrons. The Morgan fingerprint density at radius 1 is 1.26 bits per heavy atom. The second kappa shape index (κ2) is 6.67. The summed E-state index contributed by atoms with van der Waals surface area (Å²) in [7, 11) is 2.08. The van der Waals surface area contributed by atoms with Crippen LogP contribution in [-0.2, 0) is 11.2 Å². The lowest BCUT2D eigenvalue weighted by Gasteiger charge is -2.36. The van der Waals surface area contributed by atoms with Crippen molar-refractivity contribution in [2.75, 3.05) is 33.2 Å². The van der Waals surface area contributed by atoms with Gasteiger partial charge in [0.15, 0.2) is 0 Å². The molecule has 5 heteroatoms. The molecule has 1 aromatic rings. The average Bonchev–Trinajstić information content (AvgIpc) is 2.39. The third-order valence-corrected chi connectivity index (χ3v) is 4.33. The normalized spacial score (nSPS) is 19.3. The minimum atomic E-state index is -0.719. The van der Waals surface area contributed by atoms with Crippen LogP contribution in [0.25, 0.3) is 0 Å². The van der Waals surface area contributed by atoms with Crippen molar-refractivity contribution >= 4 is 28.6 Å². The number of nitrogens with zero attached hydrogens (tertiary/aromatic N) is 2. The SMILES string of the molecule is CN1CCN([C@H](Cc2ccc(I)cc2)C(=O)O)CC1. The van der Waals surface area contributed by atoms with Crippen LogP contribution in [0.15, 0.2) is 24.3 Å². The van der Waals surface area contributed by atoms with E-state index in [1.807, 2.05) is 24.3 Å². The molecule has 4 nitrogen and oxygen atoms in total. The molecule has 0 saturated carbocycles. The summed E-state index contributed by atoms with van der Waals surface area (Å²) in [6, 6.07) is 7.69. The molecule has 0 aromatic heterocycles. The van der Waals surface area contributed by atoms with E-state index in [4.69, 9.17) is 0 Å². The molecular formula is C14H19IN2O2. The van der Waals surface area contributed by atoms with Crippen molar-refractivity contribution in [2.24, 2.45) is 0 Å². The Kier molecular flexibility index (Phi) is 5.18. The predicted molar refractivity (Wildman–Crippen MR) is 83.4 cm³/mol. The molecule has 1 aromatic carbocycles. The Morgan fingerprint density at radius 3 is 2.37 bits per heavy atom. The maximum atomic E-state index is 11.5. The van der Waals surface area contributed by atoms with Crippen molar-refractivity contribution in [3.05, 3.63) is 33.4 Å². The highest BCUT2D eigenvalue weighted by molar-refractivity contribution is 14.1. The molecule has 1 aliphatic rings. The van der Waals surface area contributed by atoms with Gasteiger partial charge in [-0.15, -0.1) is 0 Å². The first-order valence-corrected chi connectivity index (χ1v) is 7.54. The van der Waals surface area contributed by atoms with Crippen LogP contribution in [0.3, 0.4) is 0 Å². The van der Waals surface area contributed by atoms with Crippen LogP contribution in [0.4, 0.5) is 0 Å². The summed E-state index contributed by atoms with van der Waals surface area (Å²) in [5, 5.41) is 9.45. The lowest BCUT2D eigenvalue weighted by molar-refractivity contribution is -0.144. The number of hydrogen-bond donors (Lipinski definition) is 1. The maximum absolute atomic E-state index is 11.5. The minimum Gasteiger partial charge on any atom is -0.480 e. The Hall–Kier alpha value is -0.660. The van der Waals surface area contributed by atoms with Gasteiger partial charge in [0.1, 0.15) is 6.04 Å². The van der Waals surface area contributed by atoms with Gasteiger partial charge in [-0.05, 0) is 53.8 Å². The van der Waals surface area contributed by atoms with Gasteiger partial charge in [-0.1, -0.05) is 12.1 Å². The van der Waals surface area contributed by atoms with Gasteiger partial charge >= 0.3 is 5.97 Å². The highest BCUT2D eigenvalue weighted by Gasteiger charge is 2.28. The van der Waals surface area contributed by atoms with Gasteiger partial charge in [0.05, 0.1) is 0 Å². The van der Waals surface area contributed by atoms with Gasteiger partial charge in [-0.3, -0.25) is 9.69 Å². The molecule has 0 amide bonds. The second-order valence-electron chi connectivity index (χ2n) is 5.02. The number of carboxylic acids is 1. The van der Waals surface area contributed by atoms with E-state index in [-0.39, 0.29) is 0 Å². The topological polar surface area (TPSA) is 43.8 Å². The fourth-order valence-corrected chi connectivity index (χ4v) is 2.71. The molecule has 104 valence electrons. The fraction of sp³-hybridized carbons (Fsp3) is 0.500. The summed E-state index contributed by atoms with van der Waals surface area (Å²) < 4.78 is 1.17. The summed E-state index contributed by atoms with van der Waals surface area (Å²) >= 11 is 2.26. The molecule has 0 aliphatic carbocycles. The van der Waals surface area contributed by atoms with Crippen LogP contribution in [0.5, 0.6) is 0 Å². The highest BCUT2D eigenvalue weighted by atomic mass is 127. The van der Waals surface area contributed by atoms with E-state index in [0.717, 1.165) is 31.7 Å². The third kappa shape index (κ3) is 4.15. The predicted octanol–water partition coefficient (Wildman–Crippen LogP) is 1.53. The molecule has 0 unspecified atom stereocenters. The molecule has 1 N–H and O–H groups in total. The van der Waals surface area contributed by atoms with Crippen LogP contribution < -0.4 is 0 Å². The monoisotopic (exact) mass is 374 g/mol. The zero-order valence-electron chi connectivity index (χ0n) is 11.1. The number of aliphatic carboxylic acids is 1. The first-order chi connectivity index (χ1) is 9.06. The van der Waals surface area contributed by atoms with Gasteiger partial charge < -0.3 is 10.0 Å². The molecule has 0 bridgehead atoms. The smallest absolute Gasteiger partial charge is 0.321 e. The van der Waals surface area contributed by atoms with E-state index in [1.165, 1.54) is 3.57 Å². The van der Waals surface area contributed by atoms with Crippen molar-refractivity contribution in [3.63, 3.8) is 0 Å². The van der Waals surface area contributed by atoms with E-state index in [1.54, 1.807) is 0 Å². The Balaban J connectivity index is 2.04. The molecule has 19 heavy (non-hydrogen) atoms. The van der Waals surface area contributed by atoms with Crippen molar-refractivity contribution in [2.45, 2.75) is 12.5 Å². The Morgan fingerprint density at radius 2 is 1.84 bits per heavy atom. The lowest BCUT2D eigenvalue weighted by Crippen LogP contribution is -2.52. The van der Waals surface area contributed by atoms with Gasteiger partial charge in [0, 0.05) is 29.7 Å². The maximum Gasteiger partial charge on any atom is 0.321 e. The molecule has 1 atom stereocenters. The quantitative estimate of drug-likeness (QED) is 0.813. The van der Waals surface area contributed by atoms with Crippen LogP contribution >= 0.6 is 22.6 Å². The van der Waals surface area contributed by atoms with E-state index >= 15 is 0 Å². The summed E-state index contributed by atoms with van der Waals surface area (Å²) in [5.74, 6) is -0.719. The molecule has 1 saturated heterocycles. The van der Waals surface area contributed by atoms with E-state index < -0.39 is 12.0 Å². The summed E-state index contributed by atoms with van der Waals surface area (Å²) in [5.41, 5.74) is 1.09. The largest absolute Gasteiger partial charge is 0.480 e. The zero-order chi connectivity index (χ0) is 13.8. The van der Waals surface area contributed by atoms with Crippen molar-refractivity contribution in [1.82, 2.24) is 9.80 Å². The Labute approximate surface area is 127 Å². The number of carboxylic acid groups (broad SMARTS) is 1. The van der Waals surface area contributed by atoms with E-state index in [9.17, 15) is 9.90 Å². The average molecular weight is 374 g/mol. The number of rotatable bonds is 4. The van der Waals surface area contributed by atoms with Gasteiger partial charge in [-0.2, -0.15) is 0 Å². The summed E-state index contributed by atoms with van der Waals surface area (Å²) in [6.07, 6.45) is 0.579. The van der Waals surface area contributed by atoms with Gasteiger partial charge in [-0.25, -0.2) is 0 Å². The lowest BCUT2D eigenvalue weighted by atomic mass is 10.0. The van der Waals surface area contributed by atoms with Crippen LogP contribution in [0.2, 0.25) is 0 Å². The van der Waals surface area contributed by atoms with E-state index in [2.05, 4.69) is 39.4 Å². The second-order valence-corrected chi connectivity index (χ2v) is 6.27. The van der Waals surface area contributed by atoms with Crippen molar-refractivity contribution in [1.29, 1.82) is 0 Å². The third-order valence-electron chi connectivity index (χ3n) is 3.61. The number of likely N-dealkylation sites (N-methyl/N-ethyl adjacent to an activating group) is 1. The molecule has 0 spiro atoms. The zero-order valence-corrected chi connectivity index (χ0v) is 13.2. The fourth-order valence-electron chi connectivity index (χ4n) is 2.35. The molecule has 1 fully saturated rings. The number of carbonyl (C=O) groups is 1. The molecular weight excluding hydrogens is 355 g/mol. The van der Waals surface area contributed by atoms with Crippen molar-refractivity contribution in [3.8, 4) is 0 Å². The summed E-state index contributed by atoms with van der Waals surface area (Å²) in [6.45, 7) is 3.54. The number of halogens is 1. The first kappa shape index (κ1) is 14.7. The van der Waals surface area contributed by atoms with Crippen LogP contribution in [-0.4, -0.2) is 60.1 Å². The number of hydrogen-bond acceptors (Lipinski definition) is 3. The van der Waals surface area contributed by atoms with E-state index in [0.29, 0.717) is 6.42 Å². The highest BCUT2D eigenvalue weighted by Crippen LogP contribution is 2.14. The van der Waals surface area contributed by atoms with Gasteiger partial charge in [0.25, 0.3) is 0 Å². The standard InChI is InChI=1S/C14H19IN2O2/c1-16-6-8-17(9-7-16)13(14(18)19)10-11-2-4-12(15)5-3-11/h2-5,13H,6-10H2,1H3,(H,18,19)/t13-/m1/s1. The Bertz CT molecular complexity index is 428. The number of piperazine rings is 1. The van der Waals surface area contributed by atoms with Gasteiger partial charge in [0.2, 0.25) is 0 Å². The minimum absolute atomic E-state index is 0.409. The van der Waals surface area contributed by atoms with Crippen molar-refractivity contribution < 1.29 is 9.90 Å². The molecule has 2 rings (SSSR count). The van der Waals surface area contributed by atoms with Crippen LogP contribution in [0.1, 0.15) is 5.56 Å². The number of benzene rings is 1. The molecule has 1 heterocycles. The molecule has 1 aliphatic heterocycles. The first-order valence-electron chi connectivity index (χ1n) is 6.46.